The molecule has 0 saturated carbocycles. The first-order valence-electron chi connectivity index (χ1n) is 28.0. The Kier molecular flexibility index (Phi) is 60.7. The number of rotatable bonds is 44. The molecule has 9 heteroatoms. The number of nitrogens with zero attached hydrogens (tertiary/aromatic N) is 4. The summed E-state index contributed by atoms with van der Waals surface area (Å²) >= 11 is 0. The molecule has 0 atom stereocenters. The van der Waals surface area contributed by atoms with Crippen molar-refractivity contribution in [3.8, 4) is 0 Å². The van der Waals surface area contributed by atoms with Gasteiger partial charge in [0.05, 0.1) is 6.61 Å². The van der Waals surface area contributed by atoms with E-state index in [9.17, 15) is 14.4 Å². The largest absolute Gasteiger partial charge is 0.466 e. The molecule has 0 aromatic carbocycles. The van der Waals surface area contributed by atoms with Gasteiger partial charge in [-0.05, 0) is 103 Å². The van der Waals surface area contributed by atoms with Gasteiger partial charge in [-0.25, -0.2) is 0 Å². The van der Waals surface area contributed by atoms with Crippen molar-refractivity contribution in [3.63, 3.8) is 0 Å². The van der Waals surface area contributed by atoms with E-state index < -0.39 is 0 Å². The number of esters is 1. The Balaban J connectivity index is -0.00000102. The first-order chi connectivity index (χ1) is 32.4. The standard InChI is InChI=1S/C25H47N3O2.C24H49NO2.C6H14O.C2H4/c1-3-5-7-8-9-10-11-14-18-26(17-13-6-4-2)19-15-12-16-25(30)28-22-20-27(24-29)21-23-28;1-4-7-10-11-12-13-14-16-21-25(20-15-8-5-2)22-18-19-24(26)27-23-17-9-6-3;1-3-4-5-6-7-2;1-2/h4,24H,2-3,5-23H2,1H3;4-23H2,1-3H3;3-6H2,1-2H3;1-2H2. The van der Waals surface area contributed by atoms with Crippen molar-refractivity contribution in [3.05, 3.63) is 25.8 Å². The summed E-state index contributed by atoms with van der Waals surface area (Å²) in [6, 6.07) is 0. The van der Waals surface area contributed by atoms with Gasteiger partial charge in [-0.2, -0.15) is 0 Å². The molecule has 0 unspecified atom stereocenters. The number of hydrogen-bond acceptors (Lipinski definition) is 7. The van der Waals surface area contributed by atoms with Crippen molar-refractivity contribution >= 4 is 18.3 Å². The summed E-state index contributed by atoms with van der Waals surface area (Å²) in [6.45, 7) is 32.1. The number of allylic oxidation sites excluding steroid dienone is 1. The molecule has 1 heterocycles. The quantitative estimate of drug-likeness (QED) is 0.0260. The number of amides is 2. The molecule has 9 nitrogen and oxygen atoms in total. The molecular weight excluding hydrogens is 821 g/mol. The molecule has 0 aromatic heterocycles. The molecule has 66 heavy (non-hydrogen) atoms. The lowest BCUT2D eigenvalue weighted by Gasteiger charge is -2.32. The minimum absolute atomic E-state index is 0.00769. The van der Waals surface area contributed by atoms with Gasteiger partial charge in [0.15, 0.2) is 0 Å². The Morgan fingerprint density at radius 1 is 0.485 bits per heavy atom. The van der Waals surface area contributed by atoms with Crippen LogP contribution in [0.5, 0.6) is 0 Å². The minimum atomic E-state index is -0.00769. The molecule has 2 amide bonds. The molecule has 0 aliphatic carbocycles. The van der Waals surface area contributed by atoms with E-state index in [4.69, 9.17) is 9.47 Å². The van der Waals surface area contributed by atoms with E-state index in [1.165, 1.54) is 174 Å². The van der Waals surface area contributed by atoms with Gasteiger partial charge in [0.2, 0.25) is 12.3 Å². The fourth-order valence-corrected chi connectivity index (χ4v) is 8.05. The van der Waals surface area contributed by atoms with Crippen molar-refractivity contribution in [1.82, 2.24) is 19.6 Å². The van der Waals surface area contributed by atoms with Gasteiger partial charge < -0.3 is 29.1 Å². The molecular formula is C57H114N4O5. The highest BCUT2D eigenvalue weighted by Gasteiger charge is 2.19. The summed E-state index contributed by atoms with van der Waals surface area (Å²) in [5, 5.41) is 0. The van der Waals surface area contributed by atoms with Gasteiger partial charge in [-0.3, -0.25) is 14.4 Å². The van der Waals surface area contributed by atoms with Crippen LogP contribution in [-0.2, 0) is 23.9 Å². The van der Waals surface area contributed by atoms with Crippen molar-refractivity contribution in [2.24, 2.45) is 0 Å². The maximum Gasteiger partial charge on any atom is 0.305 e. The molecule has 0 aromatic rings. The van der Waals surface area contributed by atoms with E-state index in [-0.39, 0.29) is 11.9 Å². The van der Waals surface area contributed by atoms with Crippen molar-refractivity contribution < 1.29 is 23.9 Å². The van der Waals surface area contributed by atoms with E-state index in [0.717, 1.165) is 71.2 Å². The molecule has 392 valence electrons. The van der Waals surface area contributed by atoms with Gasteiger partial charge in [0.1, 0.15) is 0 Å². The molecule has 1 rings (SSSR count). The van der Waals surface area contributed by atoms with Crippen LogP contribution in [0, 0.1) is 0 Å². The van der Waals surface area contributed by atoms with E-state index in [2.05, 4.69) is 64.2 Å². The third-order valence-electron chi connectivity index (χ3n) is 12.4. The second-order valence-electron chi connectivity index (χ2n) is 18.5. The lowest BCUT2D eigenvalue weighted by atomic mass is 10.1. The molecule has 0 spiro atoms. The summed E-state index contributed by atoms with van der Waals surface area (Å²) < 4.78 is 10.2. The normalized spacial score (nSPS) is 12.2. The van der Waals surface area contributed by atoms with Crippen molar-refractivity contribution in [2.45, 2.75) is 240 Å². The Morgan fingerprint density at radius 3 is 1.32 bits per heavy atom. The summed E-state index contributed by atoms with van der Waals surface area (Å²) in [7, 11) is 1.75. The molecule has 1 saturated heterocycles. The van der Waals surface area contributed by atoms with Crippen molar-refractivity contribution in [1.29, 1.82) is 0 Å². The molecule has 1 aliphatic rings. The lowest BCUT2D eigenvalue weighted by Crippen LogP contribution is -2.48. The Morgan fingerprint density at radius 2 is 0.864 bits per heavy atom. The van der Waals surface area contributed by atoms with Crippen LogP contribution in [0.15, 0.2) is 25.8 Å². The number of methoxy groups -OCH3 is 1. The van der Waals surface area contributed by atoms with Gasteiger partial charge in [-0.1, -0.05) is 169 Å². The number of carbonyl (C=O) groups is 3. The zero-order valence-electron chi connectivity index (χ0n) is 45.2. The van der Waals surface area contributed by atoms with Crippen LogP contribution < -0.4 is 0 Å². The molecule has 1 aliphatic heterocycles. The van der Waals surface area contributed by atoms with E-state index in [0.29, 0.717) is 45.6 Å². The van der Waals surface area contributed by atoms with E-state index in [1.807, 2.05) is 11.0 Å². The molecule has 0 N–H and O–H groups in total. The van der Waals surface area contributed by atoms with Crippen LogP contribution in [0.4, 0.5) is 0 Å². The monoisotopic (exact) mass is 935 g/mol. The van der Waals surface area contributed by atoms with Crippen LogP contribution in [0.25, 0.3) is 0 Å². The molecule has 0 bridgehead atoms. The van der Waals surface area contributed by atoms with Gasteiger partial charge in [0, 0.05) is 52.7 Å². The summed E-state index contributed by atoms with van der Waals surface area (Å²) in [4.78, 5) is 43.8. The van der Waals surface area contributed by atoms with E-state index >= 15 is 0 Å². The predicted molar refractivity (Wildman–Crippen MR) is 287 cm³/mol. The number of piperazine rings is 1. The SMILES string of the molecule is C=C.C=CCCCN(CCCCCCCCCC)CCCCC(=O)N1CCN(C=O)CC1.CCCCCCCCCCN(CCCCC)CCCC(=O)OCCCCC.CCCCCOC. The Labute approximate surface area is 412 Å². The maximum absolute atomic E-state index is 12.4. The fraction of sp³-hybridized carbons (Fsp3) is 0.877. The number of hydrogen-bond donors (Lipinski definition) is 0. The first-order valence-corrected chi connectivity index (χ1v) is 28.0. The average molecular weight is 936 g/mol. The fourth-order valence-electron chi connectivity index (χ4n) is 8.05. The maximum atomic E-state index is 12.4. The van der Waals surface area contributed by atoms with Crippen LogP contribution >= 0.6 is 0 Å². The van der Waals surface area contributed by atoms with Gasteiger partial charge in [-0.15, -0.1) is 19.7 Å². The topological polar surface area (TPSA) is 82.6 Å². The number of ether oxygens (including phenoxy) is 2. The van der Waals surface area contributed by atoms with Crippen LogP contribution in [0.2, 0.25) is 0 Å². The van der Waals surface area contributed by atoms with Crippen LogP contribution in [-0.4, -0.2) is 124 Å². The lowest BCUT2D eigenvalue weighted by molar-refractivity contribution is -0.144. The molecule has 0 radical (unpaired) electrons. The molecule has 1 fully saturated rings. The summed E-state index contributed by atoms with van der Waals surface area (Å²) in [5.41, 5.74) is 0. The zero-order valence-corrected chi connectivity index (χ0v) is 45.2. The van der Waals surface area contributed by atoms with Gasteiger partial charge >= 0.3 is 5.97 Å². The Hall–Kier alpha value is -2.23. The highest BCUT2D eigenvalue weighted by atomic mass is 16.5. The van der Waals surface area contributed by atoms with Gasteiger partial charge in [0.25, 0.3) is 0 Å². The number of carbonyl (C=O) groups excluding carboxylic acids is 3. The summed E-state index contributed by atoms with van der Waals surface area (Å²) in [6.07, 6.45) is 42.3. The number of unbranched alkanes of at least 4 members (excludes halogenated alkanes) is 22. The minimum Gasteiger partial charge on any atom is -0.466 e. The van der Waals surface area contributed by atoms with Crippen LogP contribution in [0.3, 0.4) is 0 Å². The highest BCUT2D eigenvalue weighted by molar-refractivity contribution is 5.76. The predicted octanol–water partition coefficient (Wildman–Crippen LogP) is 14.6. The van der Waals surface area contributed by atoms with E-state index in [1.54, 1.807) is 12.0 Å². The highest BCUT2D eigenvalue weighted by Crippen LogP contribution is 2.13. The third-order valence-corrected chi connectivity index (χ3v) is 12.4. The first kappa shape index (κ1) is 68.0. The summed E-state index contributed by atoms with van der Waals surface area (Å²) in [5.74, 6) is 0.244. The third kappa shape index (κ3) is 51.2. The van der Waals surface area contributed by atoms with Crippen LogP contribution in [0.1, 0.15) is 240 Å². The average Bonchev–Trinajstić information content (AvgIpc) is 3.34. The smallest absolute Gasteiger partial charge is 0.305 e. The zero-order chi connectivity index (χ0) is 49.4. The second-order valence-corrected chi connectivity index (χ2v) is 18.5. The Bertz CT molecular complexity index is 988. The van der Waals surface area contributed by atoms with Crippen molar-refractivity contribution in [2.75, 3.05) is 85.8 Å². The second kappa shape index (κ2) is 58.9.